The van der Waals surface area contributed by atoms with Crippen LogP contribution in [0.25, 0.3) is 0 Å². The maximum atomic E-state index is 13.0. The number of carbonyl (C=O) groups excluding carboxylic acids is 3. The van der Waals surface area contributed by atoms with Gasteiger partial charge in [0.05, 0.1) is 12.6 Å². The lowest BCUT2D eigenvalue weighted by atomic mass is 10.0. The van der Waals surface area contributed by atoms with E-state index in [0.29, 0.717) is 0 Å². The molecule has 0 fully saturated rings. The molecular formula is C27H36N4O6. The van der Waals surface area contributed by atoms with Gasteiger partial charge in [0.2, 0.25) is 17.7 Å². The monoisotopic (exact) mass is 512 g/mol. The molecule has 0 aliphatic heterocycles. The second kappa shape index (κ2) is 14.7. The van der Waals surface area contributed by atoms with Crippen LogP contribution in [-0.2, 0) is 32.0 Å². The van der Waals surface area contributed by atoms with Crippen molar-refractivity contribution >= 4 is 23.7 Å². The minimum atomic E-state index is -1.34. The Bertz CT molecular complexity index is 1030. The van der Waals surface area contributed by atoms with Crippen molar-refractivity contribution in [1.29, 1.82) is 0 Å². The number of aliphatic carboxylic acids is 1. The molecule has 4 unspecified atom stereocenters. The van der Waals surface area contributed by atoms with Crippen LogP contribution in [0.3, 0.4) is 0 Å². The fraction of sp³-hybridized carbons (Fsp3) is 0.407. The first-order chi connectivity index (χ1) is 17.6. The highest BCUT2D eigenvalue weighted by atomic mass is 16.4. The molecule has 4 atom stereocenters. The van der Waals surface area contributed by atoms with Crippen LogP contribution in [0.5, 0.6) is 0 Å². The number of rotatable bonds is 14. The Kier molecular flexibility index (Phi) is 11.7. The molecule has 0 bridgehead atoms. The van der Waals surface area contributed by atoms with E-state index >= 15 is 0 Å². The smallest absolute Gasteiger partial charge is 0.326 e. The molecule has 0 saturated heterocycles. The molecule has 0 heterocycles. The Hall–Kier alpha value is -3.76. The molecule has 0 aromatic heterocycles. The summed E-state index contributed by atoms with van der Waals surface area (Å²) in [5.74, 6) is -3.31. The van der Waals surface area contributed by atoms with Gasteiger partial charge in [0.1, 0.15) is 18.1 Å². The first-order valence-corrected chi connectivity index (χ1v) is 12.2. The number of amides is 3. The predicted molar refractivity (Wildman–Crippen MR) is 138 cm³/mol. The van der Waals surface area contributed by atoms with Crippen LogP contribution in [0.4, 0.5) is 0 Å². The van der Waals surface area contributed by atoms with Crippen LogP contribution in [-0.4, -0.2) is 64.7 Å². The van der Waals surface area contributed by atoms with Gasteiger partial charge in [-0.1, -0.05) is 74.5 Å². The summed E-state index contributed by atoms with van der Waals surface area (Å²) >= 11 is 0. The molecule has 3 amide bonds. The Labute approximate surface area is 216 Å². The number of nitrogens with one attached hydrogen (secondary N) is 3. The van der Waals surface area contributed by atoms with Crippen molar-refractivity contribution in [2.24, 2.45) is 11.7 Å². The number of hydrogen-bond acceptors (Lipinski definition) is 6. The van der Waals surface area contributed by atoms with E-state index in [0.717, 1.165) is 11.1 Å². The van der Waals surface area contributed by atoms with Crippen molar-refractivity contribution in [2.45, 2.75) is 57.3 Å². The Morgan fingerprint density at radius 2 is 1.19 bits per heavy atom. The SMILES string of the molecule is CC(C)CC(NC(=O)C(CO)NC(=O)C(N)Cc1ccccc1)C(=O)NC(Cc1ccccc1)C(=O)O. The molecule has 0 aliphatic rings. The molecule has 0 radical (unpaired) electrons. The minimum absolute atomic E-state index is 0.0186. The predicted octanol–water partition coefficient (Wildman–Crippen LogP) is 0.377. The molecule has 0 aliphatic carbocycles. The first-order valence-electron chi connectivity index (χ1n) is 12.2. The Balaban J connectivity index is 2.04. The number of carboxylic acids is 1. The van der Waals surface area contributed by atoms with Crippen molar-refractivity contribution in [3.63, 3.8) is 0 Å². The van der Waals surface area contributed by atoms with Crippen molar-refractivity contribution in [1.82, 2.24) is 16.0 Å². The van der Waals surface area contributed by atoms with Crippen LogP contribution >= 0.6 is 0 Å². The van der Waals surface area contributed by atoms with Gasteiger partial charge in [-0.25, -0.2) is 4.79 Å². The number of carbonyl (C=O) groups is 4. The van der Waals surface area contributed by atoms with Gasteiger partial charge in [-0.3, -0.25) is 14.4 Å². The fourth-order valence-electron chi connectivity index (χ4n) is 3.73. The van der Waals surface area contributed by atoms with Crippen LogP contribution in [0.1, 0.15) is 31.4 Å². The van der Waals surface area contributed by atoms with Crippen molar-refractivity contribution < 1.29 is 29.4 Å². The van der Waals surface area contributed by atoms with E-state index in [1.54, 1.807) is 30.3 Å². The van der Waals surface area contributed by atoms with E-state index in [-0.39, 0.29) is 25.2 Å². The number of carboxylic acid groups (broad SMARTS) is 1. The summed E-state index contributed by atoms with van der Waals surface area (Å²) < 4.78 is 0. The summed E-state index contributed by atoms with van der Waals surface area (Å²) in [6.45, 7) is 2.98. The van der Waals surface area contributed by atoms with E-state index in [2.05, 4.69) is 16.0 Å². The molecule has 2 aromatic carbocycles. The van der Waals surface area contributed by atoms with Gasteiger partial charge in [0, 0.05) is 6.42 Å². The van der Waals surface area contributed by atoms with Gasteiger partial charge in [0.15, 0.2) is 0 Å². The third-order valence-electron chi connectivity index (χ3n) is 5.69. The lowest BCUT2D eigenvalue weighted by Gasteiger charge is -2.25. The van der Waals surface area contributed by atoms with Gasteiger partial charge in [-0.2, -0.15) is 0 Å². The van der Waals surface area contributed by atoms with Crippen molar-refractivity contribution in [3.05, 3.63) is 71.8 Å². The summed E-state index contributed by atoms with van der Waals surface area (Å²) in [5.41, 5.74) is 7.54. The van der Waals surface area contributed by atoms with Gasteiger partial charge in [-0.05, 0) is 29.9 Å². The average Bonchev–Trinajstić information content (AvgIpc) is 2.87. The maximum absolute atomic E-state index is 13.0. The second-order valence-corrected chi connectivity index (χ2v) is 9.32. The summed E-state index contributed by atoms with van der Waals surface area (Å²) in [5, 5.41) is 26.8. The molecule has 7 N–H and O–H groups in total. The topological polar surface area (TPSA) is 171 Å². The van der Waals surface area contributed by atoms with E-state index < -0.39 is 54.5 Å². The van der Waals surface area contributed by atoms with Gasteiger partial charge < -0.3 is 31.9 Å². The Morgan fingerprint density at radius 1 is 0.730 bits per heavy atom. The van der Waals surface area contributed by atoms with Gasteiger partial charge in [-0.15, -0.1) is 0 Å². The number of aliphatic hydroxyl groups excluding tert-OH is 1. The van der Waals surface area contributed by atoms with Crippen LogP contribution in [0, 0.1) is 5.92 Å². The minimum Gasteiger partial charge on any atom is -0.480 e. The van der Waals surface area contributed by atoms with E-state index in [9.17, 15) is 29.4 Å². The van der Waals surface area contributed by atoms with Crippen molar-refractivity contribution in [2.75, 3.05) is 6.61 Å². The molecule has 2 aromatic rings. The quantitative estimate of drug-likeness (QED) is 0.212. The highest BCUT2D eigenvalue weighted by molar-refractivity contribution is 5.94. The highest BCUT2D eigenvalue weighted by Gasteiger charge is 2.30. The molecule has 0 saturated carbocycles. The summed E-state index contributed by atoms with van der Waals surface area (Å²) in [6, 6.07) is 13.4. The lowest BCUT2D eigenvalue weighted by molar-refractivity contribution is -0.142. The van der Waals surface area contributed by atoms with Crippen molar-refractivity contribution in [3.8, 4) is 0 Å². The summed E-state index contributed by atoms with van der Waals surface area (Å²) in [6.07, 6.45) is 0.524. The molecule has 10 nitrogen and oxygen atoms in total. The third kappa shape index (κ3) is 10.0. The van der Waals surface area contributed by atoms with Crippen LogP contribution < -0.4 is 21.7 Å². The summed E-state index contributed by atoms with van der Waals surface area (Å²) in [4.78, 5) is 50.2. The molecule has 0 spiro atoms. The second-order valence-electron chi connectivity index (χ2n) is 9.32. The maximum Gasteiger partial charge on any atom is 0.326 e. The lowest BCUT2D eigenvalue weighted by Crippen LogP contribution is -2.58. The van der Waals surface area contributed by atoms with Crippen LogP contribution in [0.2, 0.25) is 0 Å². The van der Waals surface area contributed by atoms with E-state index in [1.165, 1.54) is 0 Å². The largest absolute Gasteiger partial charge is 0.480 e. The average molecular weight is 513 g/mol. The molecule has 37 heavy (non-hydrogen) atoms. The standard InChI is InChI=1S/C27H36N4O6/c1-17(2)13-21(25(34)30-22(27(36)37)15-19-11-7-4-8-12-19)29-26(35)23(16-32)31-24(33)20(28)14-18-9-5-3-6-10-18/h3-12,17,20-23,32H,13-16,28H2,1-2H3,(H,29,35)(H,30,34)(H,31,33)(H,36,37). The molecular weight excluding hydrogens is 476 g/mol. The van der Waals surface area contributed by atoms with Gasteiger partial charge >= 0.3 is 5.97 Å². The van der Waals surface area contributed by atoms with Crippen LogP contribution in [0.15, 0.2) is 60.7 Å². The molecule has 200 valence electrons. The highest BCUT2D eigenvalue weighted by Crippen LogP contribution is 2.09. The van der Waals surface area contributed by atoms with Gasteiger partial charge in [0.25, 0.3) is 0 Å². The zero-order valence-corrected chi connectivity index (χ0v) is 21.1. The third-order valence-corrected chi connectivity index (χ3v) is 5.69. The molecule has 2 rings (SSSR count). The molecule has 10 heteroatoms. The Morgan fingerprint density at radius 3 is 1.68 bits per heavy atom. The fourth-order valence-corrected chi connectivity index (χ4v) is 3.73. The van der Waals surface area contributed by atoms with E-state index in [4.69, 9.17) is 5.73 Å². The number of hydrogen-bond donors (Lipinski definition) is 6. The number of aliphatic hydroxyl groups is 1. The first kappa shape index (κ1) is 29.5. The number of nitrogens with two attached hydrogens (primary N) is 1. The summed E-state index contributed by atoms with van der Waals surface area (Å²) in [7, 11) is 0. The number of benzene rings is 2. The zero-order valence-electron chi connectivity index (χ0n) is 21.1. The zero-order chi connectivity index (χ0) is 27.4. The normalized spacial score (nSPS) is 14.2. The van der Waals surface area contributed by atoms with E-state index in [1.807, 2.05) is 44.2 Å².